The minimum Gasteiger partial charge on any atom is -0.508 e. The van der Waals surface area contributed by atoms with Crippen LogP contribution in [0.3, 0.4) is 0 Å². The zero-order valence-electron chi connectivity index (χ0n) is 8.05. The second-order valence-electron chi connectivity index (χ2n) is 3.32. The summed E-state index contributed by atoms with van der Waals surface area (Å²) in [7, 11) is 0. The van der Waals surface area contributed by atoms with Crippen LogP contribution >= 0.6 is 0 Å². The Morgan fingerprint density at radius 3 is 2.87 bits per heavy atom. The maximum absolute atomic E-state index is 10.8. The van der Waals surface area contributed by atoms with Crippen molar-refractivity contribution >= 4 is 17.2 Å². The maximum atomic E-state index is 10.8. The van der Waals surface area contributed by atoms with Crippen molar-refractivity contribution in [2.75, 3.05) is 6.61 Å². The summed E-state index contributed by atoms with van der Waals surface area (Å²) >= 11 is 0. The molecule has 2 rings (SSSR count). The molecule has 1 heterocycles. The van der Waals surface area contributed by atoms with Crippen LogP contribution < -0.4 is 0 Å². The summed E-state index contributed by atoms with van der Waals surface area (Å²) < 4.78 is 1.79. The highest BCUT2D eigenvalue weighted by atomic mass is 16.3. The van der Waals surface area contributed by atoms with Crippen LogP contribution in [0, 0.1) is 0 Å². The number of aromatic hydroxyl groups is 1. The average molecular weight is 205 g/mol. The highest BCUT2D eigenvalue weighted by Gasteiger charge is 2.07. The molecule has 2 aromatic rings. The second kappa shape index (κ2) is 3.74. The zero-order chi connectivity index (χ0) is 10.8. The van der Waals surface area contributed by atoms with Gasteiger partial charge >= 0.3 is 0 Å². The zero-order valence-corrected chi connectivity index (χ0v) is 8.05. The number of nitrogens with zero attached hydrogens (tertiary/aromatic N) is 1. The summed E-state index contributed by atoms with van der Waals surface area (Å²) in [6.07, 6.45) is 2.42. The van der Waals surface area contributed by atoms with Gasteiger partial charge in [0.05, 0.1) is 6.61 Å². The monoisotopic (exact) mass is 205 g/mol. The van der Waals surface area contributed by atoms with Crippen molar-refractivity contribution in [3.63, 3.8) is 0 Å². The number of benzene rings is 1. The SMILES string of the molecule is O=Cc1cn(CCO)c2ccc(O)cc12. The summed E-state index contributed by atoms with van der Waals surface area (Å²) in [5, 5.41) is 18.9. The first-order valence-corrected chi connectivity index (χ1v) is 4.64. The van der Waals surface area contributed by atoms with E-state index in [-0.39, 0.29) is 12.4 Å². The number of aliphatic hydroxyl groups is 1. The molecule has 4 nitrogen and oxygen atoms in total. The van der Waals surface area contributed by atoms with Gasteiger partial charge in [-0.05, 0) is 18.2 Å². The molecule has 1 aromatic heterocycles. The third-order valence-electron chi connectivity index (χ3n) is 2.36. The van der Waals surface area contributed by atoms with E-state index in [0.29, 0.717) is 17.5 Å². The van der Waals surface area contributed by atoms with Gasteiger partial charge in [-0.2, -0.15) is 0 Å². The summed E-state index contributed by atoms with van der Waals surface area (Å²) in [5.41, 5.74) is 1.36. The Labute approximate surface area is 86.4 Å². The first-order chi connectivity index (χ1) is 7.26. The number of phenolic OH excluding ortho intramolecular Hbond substituents is 1. The van der Waals surface area contributed by atoms with Gasteiger partial charge in [0, 0.05) is 29.2 Å². The number of hydrogen-bond acceptors (Lipinski definition) is 3. The lowest BCUT2D eigenvalue weighted by Gasteiger charge is -2.01. The van der Waals surface area contributed by atoms with Crippen LogP contribution in [-0.4, -0.2) is 27.7 Å². The molecule has 0 saturated carbocycles. The molecule has 2 N–H and O–H groups in total. The Morgan fingerprint density at radius 2 is 2.20 bits per heavy atom. The number of hydrogen-bond donors (Lipinski definition) is 2. The van der Waals surface area contributed by atoms with Crippen molar-refractivity contribution < 1.29 is 15.0 Å². The van der Waals surface area contributed by atoms with Gasteiger partial charge in [0.1, 0.15) is 5.75 Å². The number of fused-ring (bicyclic) bond motifs is 1. The molecule has 0 amide bonds. The van der Waals surface area contributed by atoms with Gasteiger partial charge in [0.25, 0.3) is 0 Å². The molecule has 0 fully saturated rings. The maximum Gasteiger partial charge on any atom is 0.152 e. The lowest BCUT2D eigenvalue weighted by Crippen LogP contribution is -1.99. The molecule has 0 spiro atoms. The van der Waals surface area contributed by atoms with Crippen LogP contribution in [0.5, 0.6) is 5.75 Å². The largest absolute Gasteiger partial charge is 0.508 e. The summed E-state index contributed by atoms with van der Waals surface area (Å²) in [5.74, 6) is 0.132. The fourth-order valence-corrected chi connectivity index (χ4v) is 1.70. The van der Waals surface area contributed by atoms with Gasteiger partial charge in [-0.25, -0.2) is 0 Å². The van der Waals surface area contributed by atoms with Gasteiger partial charge in [-0.3, -0.25) is 4.79 Å². The van der Waals surface area contributed by atoms with Crippen molar-refractivity contribution in [3.05, 3.63) is 30.0 Å². The van der Waals surface area contributed by atoms with E-state index in [0.717, 1.165) is 11.8 Å². The normalized spacial score (nSPS) is 10.7. The fraction of sp³-hybridized carbons (Fsp3) is 0.182. The molecule has 15 heavy (non-hydrogen) atoms. The molecule has 0 aliphatic carbocycles. The third kappa shape index (κ3) is 1.59. The van der Waals surface area contributed by atoms with Crippen LogP contribution in [0.25, 0.3) is 10.9 Å². The van der Waals surface area contributed by atoms with Crippen molar-refractivity contribution in [1.29, 1.82) is 0 Å². The lowest BCUT2D eigenvalue weighted by molar-refractivity contribution is 0.112. The number of aliphatic hydroxyl groups excluding tert-OH is 1. The van der Waals surface area contributed by atoms with E-state index in [9.17, 15) is 9.90 Å². The number of aldehydes is 1. The number of carbonyl (C=O) groups is 1. The van der Waals surface area contributed by atoms with Crippen LogP contribution in [0.15, 0.2) is 24.4 Å². The summed E-state index contributed by atoms with van der Waals surface area (Å²) in [6.45, 7) is 0.456. The number of rotatable bonds is 3. The lowest BCUT2D eigenvalue weighted by atomic mass is 10.2. The Hall–Kier alpha value is -1.81. The van der Waals surface area contributed by atoms with E-state index in [4.69, 9.17) is 5.11 Å². The number of phenols is 1. The van der Waals surface area contributed by atoms with Crippen molar-refractivity contribution in [3.8, 4) is 5.75 Å². The predicted octanol–water partition coefficient (Wildman–Crippen LogP) is 1.15. The minimum atomic E-state index is 0.0168. The smallest absolute Gasteiger partial charge is 0.152 e. The van der Waals surface area contributed by atoms with Gasteiger partial charge in [-0.1, -0.05) is 0 Å². The quantitative estimate of drug-likeness (QED) is 0.739. The molecule has 0 saturated heterocycles. The predicted molar refractivity (Wildman–Crippen MR) is 56.1 cm³/mol. The molecule has 0 radical (unpaired) electrons. The van der Waals surface area contributed by atoms with Gasteiger partial charge in [-0.15, -0.1) is 0 Å². The molecule has 78 valence electrons. The average Bonchev–Trinajstić information content (AvgIpc) is 2.56. The van der Waals surface area contributed by atoms with E-state index in [1.54, 1.807) is 29.0 Å². The third-order valence-corrected chi connectivity index (χ3v) is 2.36. The minimum absolute atomic E-state index is 0.0168. The molecule has 1 aromatic carbocycles. The van der Waals surface area contributed by atoms with Crippen LogP contribution in [0.2, 0.25) is 0 Å². The topological polar surface area (TPSA) is 62.5 Å². The van der Waals surface area contributed by atoms with E-state index >= 15 is 0 Å². The second-order valence-corrected chi connectivity index (χ2v) is 3.32. The fourth-order valence-electron chi connectivity index (χ4n) is 1.70. The number of aromatic nitrogens is 1. The first-order valence-electron chi connectivity index (χ1n) is 4.64. The van der Waals surface area contributed by atoms with Gasteiger partial charge < -0.3 is 14.8 Å². The molecule has 0 aliphatic rings. The highest BCUT2D eigenvalue weighted by molar-refractivity contribution is 5.98. The standard InChI is InChI=1S/C11H11NO3/c13-4-3-12-6-8(7-14)10-5-9(15)1-2-11(10)12/h1-2,5-7,13,15H,3-4H2. The molecule has 0 aliphatic heterocycles. The van der Waals surface area contributed by atoms with Crippen LogP contribution in [-0.2, 0) is 6.54 Å². The van der Waals surface area contributed by atoms with E-state index < -0.39 is 0 Å². The van der Waals surface area contributed by atoms with E-state index in [2.05, 4.69) is 0 Å². The van der Waals surface area contributed by atoms with Gasteiger partial charge in [0.15, 0.2) is 6.29 Å². The molecule has 0 atom stereocenters. The first kappa shape index (κ1) is 9.73. The molecule has 4 heteroatoms. The molecule has 0 bridgehead atoms. The van der Waals surface area contributed by atoms with Gasteiger partial charge in [0.2, 0.25) is 0 Å². The van der Waals surface area contributed by atoms with Crippen LogP contribution in [0.1, 0.15) is 10.4 Å². The van der Waals surface area contributed by atoms with Crippen molar-refractivity contribution in [2.24, 2.45) is 0 Å². The Morgan fingerprint density at radius 1 is 1.40 bits per heavy atom. The summed E-state index contributed by atoms with van der Waals surface area (Å²) in [4.78, 5) is 10.8. The highest BCUT2D eigenvalue weighted by Crippen LogP contribution is 2.24. The Kier molecular flexibility index (Phi) is 2.43. The Bertz CT molecular complexity index is 502. The molecule has 0 unspecified atom stereocenters. The van der Waals surface area contributed by atoms with Crippen molar-refractivity contribution in [2.45, 2.75) is 6.54 Å². The number of carbonyl (C=O) groups excluding carboxylic acids is 1. The molecular formula is C11H11NO3. The Balaban J connectivity index is 2.69. The van der Waals surface area contributed by atoms with Crippen molar-refractivity contribution in [1.82, 2.24) is 4.57 Å². The van der Waals surface area contributed by atoms with Crippen LogP contribution in [0.4, 0.5) is 0 Å². The molecular weight excluding hydrogens is 194 g/mol. The van der Waals surface area contributed by atoms with E-state index in [1.807, 2.05) is 0 Å². The summed E-state index contributed by atoms with van der Waals surface area (Å²) in [6, 6.07) is 4.84. The van der Waals surface area contributed by atoms with E-state index in [1.165, 1.54) is 0 Å².